The molecule has 0 unspecified atom stereocenters. The molecule has 0 spiro atoms. The van der Waals surface area contributed by atoms with Gasteiger partial charge in [-0.2, -0.15) is 5.26 Å². The second kappa shape index (κ2) is 7.38. The quantitative estimate of drug-likeness (QED) is 0.716. The fraction of sp³-hybridized carbons (Fsp3) is 0.524. The molecule has 152 valence electrons. The molecule has 1 aromatic rings. The van der Waals surface area contributed by atoms with Gasteiger partial charge in [0.15, 0.2) is 6.61 Å². The first-order valence-corrected chi connectivity index (χ1v) is 10.8. The van der Waals surface area contributed by atoms with Crippen molar-refractivity contribution in [1.29, 1.82) is 5.26 Å². The van der Waals surface area contributed by atoms with E-state index in [1.807, 2.05) is 30.3 Å². The molecule has 4 rings (SSSR count). The highest BCUT2D eigenvalue weighted by Gasteiger charge is 2.57. The van der Waals surface area contributed by atoms with Gasteiger partial charge >= 0.3 is 5.97 Å². The van der Waals surface area contributed by atoms with Crippen molar-refractivity contribution in [3.05, 3.63) is 35.9 Å². The topological polar surface area (TPSA) is 99.5 Å². The first-order valence-electron chi connectivity index (χ1n) is 9.80. The van der Waals surface area contributed by atoms with Crippen LogP contribution >= 0.6 is 11.8 Å². The molecule has 1 N–H and O–H groups in total. The Hall–Kier alpha value is -2.53. The first-order chi connectivity index (χ1) is 13.9. The normalized spacial score (nSPS) is 27.7. The van der Waals surface area contributed by atoms with Crippen molar-refractivity contribution < 1.29 is 19.1 Å². The predicted octanol–water partition coefficient (Wildman–Crippen LogP) is 1.93. The van der Waals surface area contributed by atoms with E-state index in [0.29, 0.717) is 18.6 Å². The third-order valence-corrected chi connectivity index (χ3v) is 7.59. The maximum Gasteiger partial charge on any atom is 0.330 e. The number of ether oxygens (including phenoxy) is 1. The molecule has 1 saturated carbocycles. The zero-order valence-electron chi connectivity index (χ0n) is 16.2. The first kappa shape index (κ1) is 19.8. The minimum absolute atomic E-state index is 0.0731. The Morgan fingerprint density at radius 3 is 2.76 bits per heavy atom. The van der Waals surface area contributed by atoms with Crippen LogP contribution in [0.25, 0.3) is 0 Å². The molecule has 2 amide bonds. The average Bonchev–Trinajstić information content (AvgIpc) is 3.44. The van der Waals surface area contributed by atoms with Gasteiger partial charge in [-0.15, -0.1) is 11.8 Å². The molecule has 1 aliphatic carbocycles. The summed E-state index contributed by atoms with van der Waals surface area (Å²) in [4.78, 5) is 38.6. The van der Waals surface area contributed by atoms with Crippen LogP contribution in [0.3, 0.4) is 0 Å². The number of amides is 2. The minimum Gasteiger partial charge on any atom is -0.454 e. The monoisotopic (exact) mass is 413 g/mol. The van der Waals surface area contributed by atoms with Gasteiger partial charge in [0.2, 0.25) is 5.91 Å². The fourth-order valence-corrected chi connectivity index (χ4v) is 5.89. The van der Waals surface area contributed by atoms with Gasteiger partial charge in [-0.25, -0.2) is 4.79 Å². The van der Waals surface area contributed by atoms with Crippen molar-refractivity contribution in [2.45, 2.75) is 49.1 Å². The molecule has 7 nitrogen and oxygen atoms in total. The second-order valence-electron chi connectivity index (χ2n) is 7.99. The van der Waals surface area contributed by atoms with Crippen LogP contribution in [0.5, 0.6) is 0 Å². The van der Waals surface area contributed by atoms with Crippen molar-refractivity contribution in [2.75, 3.05) is 12.4 Å². The number of nitrogens with zero attached hydrogens (tertiary/aromatic N) is 2. The number of hydrogen-bond acceptors (Lipinski definition) is 6. The standard InChI is InChI=1S/C21H23N3O4S/c1-20(13-22,14-7-8-14)23-17(25)11-28-19(27)16-12-29-21(10-9-18(26)24(16)21)15-5-3-2-4-6-15/h2-6,14,16H,7-12H2,1H3,(H,23,25)/t16-,20+,21-/m1/s1. The minimum atomic E-state index is -0.930. The molecule has 3 fully saturated rings. The van der Waals surface area contributed by atoms with Gasteiger partial charge in [0.25, 0.3) is 5.91 Å². The van der Waals surface area contributed by atoms with E-state index in [9.17, 15) is 19.6 Å². The Balaban J connectivity index is 1.41. The van der Waals surface area contributed by atoms with Gasteiger partial charge < -0.3 is 15.0 Å². The molecule has 0 bridgehead atoms. The average molecular weight is 413 g/mol. The van der Waals surface area contributed by atoms with Crippen LogP contribution < -0.4 is 5.32 Å². The lowest BCUT2D eigenvalue weighted by molar-refractivity contribution is -0.156. The molecular weight excluding hydrogens is 390 g/mol. The summed E-state index contributed by atoms with van der Waals surface area (Å²) < 4.78 is 5.25. The number of rotatable bonds is 6. The number of nitriles is 1. The number of fused-ring (bicyclic) bond motifs is 1. The van der Waals surface area contributed by atoms with E-state index in [0.717, 1.165) is 18.4 Å². The van der Waals surface area contributed by atoms with Gasteiger partial charge in [-0.05, 0) is 37.7 Å². The van der Waals surface area contributed by atoms with E-state index < -0.39 is 34.9 Å². The van der Waals surface area contributed by atoms with Crippen molar-refractivity contribution in [2.24, 2.45) is 5.92 Å². The van der Waals surface area contributed by atoms with Crippen molar-refractivity contribution in [3.63, 3.8) is 0 Å². The summed E-state index contributed by atoms with van der Waals surface area (Å²) in [6.45, 7) is 1.24. The maximum absolute atomic E-state index is 12.7. The van der Waals surface area contributed by atoms with E-state index in [1.165, 1.54) is 0 Å². The third kappa shape index (κ3) is 3.48. The summed E-state index contributed by atoms with van der Waals surface area (Å²) in [6, 6.07) is 11.1. The largest absolute Gasteiger partial charge is 0.454 e. The number of benzene rings is 1. The van der Waals surface area contributed by atoms with Crippen LogP contribution in [0, 0.1) is 17.2 Å². The molecule has 2 heterocycles. The zero-order chi connectivity index (χ0) is 20.6. The van der Waals surface area contributed by atoms with Gasteiger partial charge in [-0.1, -0.05) is 30.3 Å². The molecule has 0 radical (unpaired) electrons. The van der Waals surface area contributed by atoms with Crippen molar-refractivity contribution in [1.82, 2.24) is 10.2 Å². The smallest absolute Gasteiger partial charge is 0.330 e. The second-order valence-corrected chi connectivity index (χ2v) is 9.28. The summed E-state index contributed by atoms with van der Waals surface area (Å²) in [5.41, 5.74) is 0.0678. The zero-order valence-corrected chi connectivity index (χ0v) is 17.0. The lowest BCUT2D eigenvalue weighted by Gasteiger charge is -2.33. The molecule has 2 saturated heterocycles. The number of nitrogens with one attached hydrogen (secondary N) is 1. The Labute approximate surface area is 173 Å². The lowest BCUT2D eigenvalue weighted by Crippen LogP contribution is -2.50. The van der Waals surface area contributed by atoms with Crippen LogP contribution in [0.1, 0.15) is 38.2 Å². The number of carbonyl (C=O) groups excluding carboxylic acids is 3. The molecule has 0 aromatic heterocycles. The number of esters is 1. The van der Waals surface area contributed by atoms with E-state index in [2.05, 4.69) is 11.4 Å². The summed E-state index contributed by atoms with van der Waals surface area (Å²) in [5, 5.41) is 12.0. The lowest BCUT2D eigenvalue weighted by atomic mass is 9.98. The Kier molecular flexibility index (Phi) is 5.03. The summed E-state index contributed by atoms with van der Waals surface area (Å²) in [6.07, 6.45) is 2.84. The van der Waals surface area contributed by atoms with Crippen LogP contribution in [-0.2, 0) is 24.0 Å². The molecular formula is C21H23N3O4S. The van der Waals surface area contributed by atoms with Crippen molar-refractivity contribution in [3.8, 4) is 6.07 Å². The molecule has 3 atom stereocenters. The van der Waals surface area contributed by atoms with Gasteiger partial charge in [0.1, 0.15) is 16.5 Å². The van der Waals surface area contributed by atoms with Crippen molar-refractivity contribution >= 4 is 29.5 Å². The van der Waals surface area contributed by atoms with E-state index in [1.54, 1.807) is 23.6 Å². The maximum atomic E-state index is 12.7. The van der Waals surface area contributed by atoms with Crippen LogP contribution in [-0.4, -0.2) is 46.6 Å². The predicted molar refractivity (Wildman–Crippen MR) is 106 cm³/mol. The highest BCUT2D eigenvalue weighted by Crippen LogP contribution is 2.54. The number of carbonyl (C=O) groups is 3. The highest BCUT2D eigenvalue weighted by atomic mass is 32.2. The van der Waals surface area contributed by atoms with Gasteiger partial charge in [0, 0.05) is 12.2 Å². The molecule has 29 heavy (non-hydrogen) atoms. The summed E-state index contributed by atoms with van der Waals surface area (Å²) >= 11 is 1.57. The SMILES string of the molecule is C[C@@](C#N)(NC(=O)COC(=O)[C@H]1CS[C@@]2(c3ccccc3)CCC(=O)N12)C1CC1. The Morgan fingerprint density at radius 2 is 2.10 bits per heavy atom. The van der Waals surface area contributed by atoms with E-state index >= 15 is 0 Å². The Bertz CT molecular complexity index is 882. The Morgan fingerprint density at radius 1 is 1.38 bits per heavy atom. The number of thioether (sulfide) groups is 1. The van der Waals surface area contributed by atoms with Crippen LogP contribution in [0.2, 0.25) is 0 Å². The van der Waals surface area contributed by atoms with Gasteiger partial charge in [0.05, 0.1) is 6.07 Å². The molecule has 1 aromatic carbocycles. The van der Waals surface area contributed by atoms with Crippen LogP contribution in [0.4, 0.5) is 0 Å². The molecule has 3 aliphatic rings. The van der Waals surface area contributed by atoms with E-state index in [-0.39, 0.29) is 11.8 Å². The summed E-state index contributed by atoms with van der Waals surface area (Å²) in [5.74, 6) is -0.574. The summed E-state index contributed by atoms with van der Waals surface area (Å²) in [7, 11) is 0. The third-order valence-electron chi connectivity index (χ3n) is 5.99. The van der Waals surface area contributed by atoms with Crippen LogP contribution in [0.15, 0.2) is 30.3 Å². The molecule has 8 heteroatoms. The number of hydrogen-bond donors (Lipinski definition) is 1. The van der Waals surface area contributed by atoms with E-state index in [4.69, 9.17) is 4.74 Å². The van der Waals surface area contributed by atoms with Gasteiger partial charge in [-0.3, -0.25) is 9.59 Å². The fourth-order valence-electron chi connectivity index (χ4n) is 4.26. The molecule has 2 aliphatic heterocycles. The highest BCUT2D eigenvalue weighted by molar-refractivity contribution is 8.00.